The van der Waals surface area contributed by atoms with E-state index in [1.54, 1.807) is 5.57 Å². The first-order valence-corrected chi connectivity index (χ1v) is 16.2. The van der Waals surface area contributed by atoms with Crippen LogP contribution in [0.3, 0.4) is 0 Å². The maximum Gasteiger partial charge on any atom is 0.191 e. The van der Waals surface area contributed by atoms with E-state index in [4.69, 9.17) is 4.43 Å². The molecule has 1 nitrogen and oxygen atoms in total. The second kappa shape index (κ2) is 7.40. The summed E-state index contributed by atoms with van der Waals surface area (Å²) in [5.74, 6) is 0.751. The third kappa shape index (κ3) is 4.79. The maximum atomic E-state index is 6.37. The van der Waals surface area contributed by atoms with E-state index in [1.807, 2.05) is 0 Å². The SMILES string of the molecule is CC1(C)/C(=C\[Si](C)(C)c2ccccc2)C1CCCO[Si](C)(C)C(C)(C)C. The Morgan fingerprint density at radius 1 is 1.04 bits per heavy atom. The summed E-state index contributed by atoms with van der Waals surface area (Å²) in [6, 6.07) is 11.1. The van der Waals surface area contributed by atoms with E-state index in [0.717, 1.165) is 12.5 Å². The normalized spacial score (nSPS) is 21.9. The molecule has 0 bridgehead atoms. The Morgan fingerprint density at radius 2 is 1.62 bits per heavy atom. The van der Waals surface area contributed by atoms with Gasteiger partial charge in [-0.05, 0) is 42.3 Å². The fourth-order valence-corrected chi connectivity index (χ4v) is 7.31. The summed E-state index contributed by atoms with van der Waals surface area (Å²) < 4.78 is 6.37. The highest BCUT2D eigenvalue weighted by Gasteiger charge is 2.52. The van der Waals surface area contributed by atoms with E-state index in [1.165, 1.54) is 18.0 Å². The molecule has 0 spiro atoms. The lowest BCUT2D eigenvalue weighted by atomic mass is 10.1. The van der Waals surface area contributed by atoms with Crippen molar-refractivity contribution in [2.75, 3.05) is 6.61 Å². The van der Waals surface area contributed by atoms with Gasteiger partial charge in [0.25, 0.3) is 0 Å². The van der Waals surface area contributed by atoms with Crippen LogP contribution in [-0.2, 0) is 4.43 Å². The highest BCUT2D eigenvalue weighted by atomic mass is 28.4. The average Bonchev–Trinajstić information content (AvgIpc) is 3.02. The van der Waals surface area contributed by atoms with Crippen molar-refractivity contribution in [2.45, 2.75) is 78.7 Å². The highest BCUT2D eigenvalue weighted by Crippen LogP contribution is 2.60. The summed E-state index contributed by atoms with van der Waals surface area (Å²) in [5.41, 5.74) is 4.75. The minimum absolute atomic E-state index is 0.308. The molecular weight excluding hydrogens is 348 g/mol. The predicted molar refractivity (Wildman–Crippen MR) is 121 cm³/mol. The van der Waals surface area contributed by atoms with Gasteiger partial charge in [-0.25, -0.2) is 0 Å². The van der Waals surface area contributed by atoms with E-state index < -0.39 is 16.4 Å². The Kier molecular flexibility index (Phi) is 6.17. The highest BCUT2D eigenvalue weighted by molar-refractivity contribution is 6.94. The molecule has 2 rings (SSSR count). The first kappa shape index (κ1) is 21.7. The number of hydrogen-bond acceptors (Lipinski definition) is 1. The van der Waals surface area contributed by atoms with Gasteiger partial charge in [-0.15, -0.1) is 0 Å². The Labute approximate surface area is 164 Å². The molecule has 0 heterocycles. The van der Waals surface area contributed by atoms with Crippen LogP contribution in [0, 0.1) is 11.3 Å². The summed E-state index contributed by atoms with van der Waals surface area (Å²) in [6.07, 6.45) is 2.46. The van der Waals surface area contributed by atoms with Gasteiger partial charge in [0.1, 0.15) is 8.07 Å². The average molecular weight is 389 g/mol. The van der Waals surface area contributed by atoms with Gasteiger partial charge >= 0.3 is 0 Å². The lowest BCUT2D eigenvalue weighted by Gasteiger charge is -2.36. The smallest absolute Gasteiger partial charge is 0.191 e. The van der Waals surface area contributed by atoms with Crippen molar-refractivity contribution in [3.8, 4) is 0 Å². The van der Waals surface area contributed by atoms with E-state index in [2.05, 4.69) is 96.8 Å². The molecule has 0 aromatic heterocycles. The Balaban J connectivity index is 1.94. The topological polar surface area (TPSA) is 9.23 Å². The van der Waals surface area contributed by atoms with Crippen molar-refractivity contribution in [1.29, 1.82) is 0 Å². The first-order chi connectivity index (χ1) is 11.8. The van der Waals surface area contributed by atoms with E-state index >= 15 is 0 Å². The van der Waals surface area contributed by atoms with Crippen LogP contribution in [0.2, 0.25) is 31.2 Å². The molecule has 0 amide bonds. The zero-order valence-corrected chi connectivity index (χ0v) is 20.6. The molecule has 0 saturated heterocycles. The first-order valence-electron chi connectivity index (χ1n) is 10.2. The number of allylic oxidation sites excluding steroid dienone is 1. The molecule has 1 atom stereocenters. The van der Waals surface area contributed by atoms with Crippen LogP contribution in [0.5, 0.6) is 0 Å². The van der Waals surface area contributed by atoms with Gasteiger partial charge in [0.2, 0.25) is 0 Å². The molecule has 0 aliphatic heterocycles. The molecule has 1 aromatic carbocycles. The fourth-order valence-electron chi connectivity index (χ4n) is 3.65. The van der Waals surface area contributed by atoms with Crippen LogP contribution in [0.4, 0.5) is 0 Å². The molecule has 0 N–H and O–H groups in total. The van der Waals surface area contributed by atoms with Crippen LogP contribution in [0.15, 0.2) is 41.6 Å². The quantitative estimate of drug-likeness (QED) is 0.381. The van der Waals surface area contributed by atoms with Gasteiger partial charge in [-0.3, -0.25) is 0 Å². The molecule has 0 radical (unpaired) electrons. The van der Waals surface area contributed by atoms with Crippen molar-refractivity contribution in [3.63, 3.8) is 0 Å². The summed E-state index contributed by atoms with van der Waals surface area (Å²) in [7, 11) is -3.10. The molecule has 3 heteroatoms. The molecule has 26 heavy (non-hydrogen) atoms. The maximum absolute atomic E-state index is 6.37. The zero-order valence-electron chi connectivity index (χ0n) is 18.6. The van der Waals surface area contributed by atoms with Gasteiger partial charge in [0.05, 0.1) is 0 Å². The largest absolute Gasteiger partial charge is 0.417 e. The molecular formula is C23H40OSi2. The summed E-state index contributed by atoms with van der Waals surface area (Å²) >= 11 is 0. The van der Waals surface area contributed by atoms with Gasteiger partial charge in [-0.2, -0.15) is 0 Å². The third-order valence-corrected chi connectivity index (χ3v) is 14.2. The molecule has 1 aliphatic rings. The van der Waals surface area contributed by atoms with Crippen molar-refractivity contribution < 1.29 is 4.43 Å². The monoisotopic (exact) mass is 388 g/mol. The second-order valence-corrected chi connectivity index (χ2v) is 19.8. The second-order valence-electron chi connectivity index (χ2n) is 10.7. The Hall–Kier alpha value is -0.646. The number of benzene rings is 1. The molecule has 146 valence electrons. The van der Waals surface area contributed by atoms with E-state index in [0.29, 0.717) is 10.5 Å². The lowest BCUT2D eigenvalue weighted by molar-refractivity contribution is 0.273. The lowest BCUT2D eigenvalue weighted by Crippen LogP contribution is -2.40. The van der Waals surface area contributed by atoms with Crippen LogP contribution in [0.1, 0.15) is 47.5 Å². The standard InChI is InChI=1S/C23H40OSi2/c1-22(2,3)26(8,9)24-17-13-16-20-21(23(20,4)5)18-25(6,7)19-14-11-10-12-15-19/h10-12,14-15,18,20H,13,16-17H2,1-9H3/b21-18-. The number of hydrogen-bond donors (Lipinski definition) is 0. The van der Waals surface area contributed by atoms with Gasteiger partial charge in [0.15, 0.2) is 8.32 Å². The fraction of sp³-hybridized carbons (Fsp3) is 0.652. The van der Waals surface area contributed by atoms with Gasteiger partial charge < -0.3 is 4.43 Å². The van der Waals surface area contributed by atoms with E-state index in [-0.39, 0.29) is 0 Å². The van der Waals surface area contributed by atoms with Crippen molar-refractivity contribution >= 4 is 21.6 Å². The summed E-state index contributed by atoms with van der Waals surface area (Å²) in [4.78, 5) is 0. The van der Waals surface area contributed by atoms with Crippen LogP contribution >= 0.6 is 0 Å². The van der Waals surface area contributed by atoms with Crippen molar-refractivity contribution in [3.05, 3.63) is 41.6 Å². The van der Waals surface area contributed by atoms with Crippen molar-refractivity contribution in [2.24, 2.45) is 11.3 Å². The molecule has 1 saturated carbocycles. The van der Waals surface area contributed by atoms with Crippen LogP contribution < -0.4 is 5.19 Å². The van der Waals surface area contributed by atoms with Crippen molar-refractivity contribution in [1.82, 2.24) is 0 Å². The van der Waals surface area contributed by atoms with Gasteiger partial charge in [0, 0.05) is 6.61 Å². The van der Waals surface area contributed by atoms with Crippen LogP contribution in [0.25, 0.3) is 0 Å². The third-order valence-electron chi connectivity index (χ3n) is 6.85. The van der Waals surface area contributed by atoms with Gasteiger partial charge in [-0.1, -0.05) is 94.5 Å². The minimum Gasteiger partial charge on any atom is -0.417 e. The predicted octanol–water partition coefficient (Wildman–Crippen LogP) is 6.53. The molecule has 1 unspecified atom stereocenters. The number of rotatable bonds is 7. The Morgan fingerprint density at radius 3 is 2.15 bits per heavy atom. The zero-order chi connectivity index (χ0) is 19.8. The molecule has 1 fully saturated rings. The minimum atomic E-state index is -1.60. The Bertz CT molecular complexity index is 636. The van der Waals surface area contributed by atoms with Crippen LogP contribution in [-0.4, -0.2) is 23.0 Å². The van der Waals surface area contributed by atoms with E-state index in [9.17, 15) is 0 Å². The summed E-state index contributed by atoms with van der Waals surface area (Å²) in [5, 5.41) is 1.84. The molecule has 1 aliphatic carbocycles. The molecule has 1 aromatic rings. The summed E-state index contributed by atoms with van der Waals surface area (Å²) in [6.45, 7) is 22.4.